The third-order valence-corrected chi connectivity index (χ3v) is 6.18. The minimum absolute atomic E-state index is 0.203. The first-order valence-corrected chi connectivity index (χ1v) is 11.9. The summed E-state index contributed by atoms with van der Waals surface area (Å²) in [6.07, 6.45) is 1.64. The highest BCUT2D eigenvalue weighted by molar-refractivity contribution is 6.33. The highest BCUT2D eigenvalue weighted by Crippen LogP contribution is 2.28. The van der Waals surface area contributed by atoms with Crippen LogP contribution in [0, 0.1) is 5.92 Å². The summed E-state index contributed by atoms with van der Waals surface area (Å²) < 4.78 is 13.8. The zero-order chi connectivity index (χ0) is 23.6. The van der Waals surface area contributed by atoms with Gasteiger partial charge in [0.25, 0.3) is 6.01 Å². The van der Waals surface area contributed by atoms with E-state index in [2.05, 4.69) is 0 Å². The van der Waals surface area contributed by atoms with E-state index < -0.39 is 5.60 Å². The van der Waals surface area contributed by atoms with Crippen LogP contribution in [0.2, 0.25) is 10.0 Å². The van der Waals surface area contributed by atoms with Crippen molar-refractivity contribution >= 4 is 40.3 Å². The van der Waals surface area contributed by atoms with Crippen molar-refractivity contribution in [3.8, 4) is 6.01 Å². The topological polar surface area (TPSA) is 56.6 Å². The smallest absolute Gasteiger partial charge is 0.410 e. The molecule has 2 aromatic carbocycles. The van der Waals surface area contributed by atoms with E-state index in [4.69, 9.17) is 37.7 Å². The van der Waals surface area contributed by atoms with Crippen molar-refractivity contribution < 1.29 is 14.3 Å². The Bertz CT molecular complexity index is 1140. The number of hydrogen-bond acceptors (Lipinski definition) is 4. The minimum atomic E-state index is -0.507. The number of piperidine rings is 1. The zero-order valence-corrected chi connectivity index (χ0v) is 20.7. The Labute approximate surface area is 204 Å². The molecule has 8 heteroatoms. The molecule has 0 aliphatic carbocycles. The second-order valence-corrected chi connectivity index (χ2v) is 10.3. The third-order valence-electron chi connectivity index (χ3n) is 5.57. The van der Waals surface area contributed by atoms with Crippen molar-refractivity contribution in [1.29, 1.82) is 0 Å². The second kappa shape index (κ2) is 9.82. The fourth-order valence-electron chi connectivity index (χ4n) is 4.04. The number of carbonyl (C=O) groups is 1. The summed E-state index contributed by atoms with van der Waals surface area (Å²) in [4.78, 5) is 19.0. The van der Waals surface area contributed by atoms with Crippen LogP contribution in [0.1, 0.15) is 39.2 Å². The van der Waals surface area contributed by atoms with Gasteiger partial charge in [0.15, 0.2) is 0 Å². The average Bonchev–Trinajstić information content (AvgIpc) is 3.11. The summed E-state index contributed by atoms with van der Waals surface area (Å²) in [7, 11) is 0. The number of rotatable bonds is 5. The number of likely N-dealkylation sites (tertiary alicyclic amines) is 1. The monoisotopic (exact) mass is 489 g/mol. The van der Waals surface area contributed by atoms with Crippen LogP contribution in [-0.2, 0) is 11.3 Å². The first-order chi connectivity index (χ1) is 15.7. The molecule has 0 saturated carbocycles. The molecular formula is C25H29Cl2N3O3. The van der Waals surface area contributed by atoms with Gasteiger partial charge >= 0.3 is 6.09 Å². The van der Waals surface area contributed by atoms with E-state index in [1.165, 1.54) is 0 Å². The lowest BCUT2D eigenvalue weighted by molar-refractivity contribution is 0.0136. The molecule has 0 N–H and O–H groups in total. The minimum Gasteiger partial charge on any atom is -0.464 e. The van der Waals surface area contributed by atoms with Crippen LogP contribution < -0.4 is 4.74 Å². The summed E-state index contributed by atoms with van der Waals surface area (Å²) >= 11 is 12.6. The summed E-state index contributed by atoms with van der Waals surface area (Å²) in [5, 5.41) is 1.27. The van der Waals surface area contributed by atoms with Gasteiger partial charge in [-0.2, -0.15) is 4.98 Å². The van der Waals surface area contributed by atoms with Gasteiger partial charge in [0, 0.05) is 29.1 Å². The Balaban J connectivity index is 1.50. The molecule has 1 atom stereocenters. The van der Waals surface area contributed by atoms with E-state index in [1.807, 2.05) is 55.7 Å². The molecule has 0 bridgehead atoms. The molecular weight excluding hydrogens is 461 g/mol. The number of para-hydroxylation sites is 2. The number of aromatic nitrogens is 2. The summed E-state index contributed by atoms with van der Waals surface area (Å²) in [6.45, 7) is 7.91. The first-order valence-electron chi connectivity index (χ1n) is 11.2. The fourth-order valence-corrected chi connectivity index (χ4v) is 4.41. The van der Waals surface area contributed by atoms with Gasteiger partial charge in [-0.3, -0.25) is 4.57 Å². The maximum Gasteiger partial charge on any atom is 0.410 e. The predicted molar refractivity (Wildman–Crippen MR) is 131 cm³/mol. The molecule has 0 unspecified atom stereocenters. The number of halogens is 2. The Kier molecular flexibility index (Phi) is 7.05. The number of nitrogens with zero attached hydrogens (tertiary/aromatic N) is 3. The van der Waals surface area contributed by atoms with Gasteiger partial charge < -0.3 is 14.4 Å². The Morgan fingerprint density at radius 2 is 1.97 bits per heavy atom. The molecule has 1 aliphatic rings. The van der Waals surface area contributed by atoms with E-state index >= 15 is 0 Å². The molecule has 2 heterocycles. The van der Waals surface area contributed by atoms with Crippen LogP contribution in [0.25, 0.3) is 11.0 Å². The molecule has 1 aliphatic heterocycles. The average molecular weight is 490 g/mol. The summed E-state index contributed by atoms with van der Waals surface area (Å²) in [5.41, 5.74) is 2.20. The lowest BCUT2D eigenvalue weighted by atomic mass is 9.99. The normalized spacial score (nSPS) is 16.8. The molecule has 4 rings (SSSR count). The van der Waals surface area contributed by atoms with Crippen LogP contribution in [0.4, 0.5) is 4.79 Å². The SMILES string of the molecule is CC(C)(C)OC(=O)N1CCC[C@H](COc2nc3ccccc3n2Cc2cc(Cl)ccc2Cl)C1. The van der Waals surface area contributed by atoms with Crippen molar-refractivity contribution in [2.45, 2.75) is 45.8 Å². The van der Waals surface area contributed by atoms with Crippen LogP contribution >= 0.6 is 23.2 Å². The maximum atomic E-state index is 12.5. The van der Waals surface area contributed by atoms with Crippen molar-refractivity contribution in [3.63, 3.8) is 0 Å². The molecule has 6 nitrogen and oxygen atoms in total. The number of imidazole rings is 1. The van der Waals surface area contributed by atoms with Crippen LogP contribution in [0.5, 0.6) is 6.01 Å². The molecule has 1 saturated heterocycles. The first kappa shape index (κ1) is 23.7. The quantitative estimate of drug-likeness (QED) is 0.414. The Morgan fingerprint density at radius 1 is 1.18 bits per heavy atom. The van der Waals surface area contributed by atoms with Gasteiger partial charge in [0.1, 0.15) is 5.60 Å². The lowest BCUT2D eigenvalue weighted by Crippen LogP contribution is -2.44. The number of carbonyl (C=O) groups excluding carboxylic acids is 1. The van der Waals surface area contributed by atoms with Crippen LogP contribution in [0.3, 0.4) is 0 Å². The molecule has 1 amide bonds. The molecule has 1 fully saturated rings. The van der Waals surface area contributed by atoms with E-state index in [9.17, 15) is 4.79 Å². The lowest BCUT2D eigenvalue weighted by Gasteiger charge is -2.33. The highest BCUT2D eigenvalue weighted by Gasteiger charge is 2.28. The van der Waals surface area contributed by atoms with Crippen molar-refractivity contribution in [3.05, 3.63) is 58.1 Å². The standard InChI is InChI=1S/C25H29Cl2N3O3/c1-25(2,3)33-24(31)29-12-6-7-17(14-29)16-32-23-28-21-8-4-5-9-22(21)30(23)15-18-13-19(26)10-11-20(18)27/h4-5,8-11,13,17H,6-7,12,14-16H2,1-3H3/t17-/m0/s1. The van der Waals surface area contributed by atoms with Crippen molar-refractivity contribution in [2.24, 2.45) is 5.92 Å². The van der Waals surface area contributed by atoms with Crippen molar-refractivity contribution in [1.82, 2.24) is 14.5 Å². The number of fused-ring (bicyclic) bond motifs is 1. The number of ether oxygens (including phenoxy) is 2. The number of amides is 1. The maximum absolute atomic E-state index is 12.5. The van der Waals surface area contributed by atoms with E-state index in [0.717, 1.165) is 29.4 Å². The highest BCUT2D eigenvalue weighted by atomic mass is 35.5. The van der Waals surface area contributed by atoms with E-state index in [-0.39, 0.29) is 12.0 Å². The third kappa shape index (κ3) is 5.92. The molecule has 3 aromatic rings. The van der Waals surface area contributed by atoms with Crippen LogP contribution in [-0.4, -0.2) is 45.8 Å². The fraction of sp³-hybridized carbons (Fsp3) is 0.440. The molecule has 0 radical (unpaired) electrons. The van der Waals surface area contributed by atoms with Gasteiger partial charge in [-0.15, -0.1) is 0 Å². The van der Waals surface area contributed by atoms with Crippen LogP contribution in [0.15, 0.2) is 42.5 Å². The van der Waals surface area contributed by atoms with Gasteiger partial charge in [-0.05, 0) is 69.5 Å². The predicted octanol–water partition coefficient (Wildman–Crippen LogP) is 6.42. The zero-order valence-electron chi connectivity index (χ0n) is 19.2. The molecule has 0 spiro atoms. The van der Waals surface area contributed by atoms with E-state index in [1.54, 1.807) is 17.0 Å². The Morgan fingerprint density at radius 3 is 2.76 bits per heavy atom. The molecule has 176 valence electrons. The number of benzene rings is 2. The molecule has 1 aromatic heterocycles. The van der Waals surface area contributed by atoms with Gasteiger partial charge in [0.2, 0.25) is 0 Å². The van der Waals surface area contributed by atoms with Gasteiger partial charge in [0.05, 0.1) is 24.2 Å². The van der Waals surface area contributed by atoms with Crippen molar-refractivity contribution in [2.75, 3.05) is 19.7 Å². The van der Waals surface area contributed by atoms with Gasteiger partial charge in [-0.25, -0.2) is 4.79 Å². The summed E-state index contributed by atoms with van der Waals surface area (Å²) in [6, 6.07) is 13.9. The second-order valence-electron chi connectivity index (χ2n) is 9.45. The van der Waals surface area contributed by atoms with E-state index in [0.29, 0.717) is 42.3 Å². The largest absolute Gasteiger partial charge is 0.464 e. The summed E-state index contributed by atoms with van der Waals surface area (Å²) in [5.74, 6) is 0.203. The number of hydrogen-bond donors (Lipinski definition) is 0. The molecule has 33 heavy (non-hydrogen) atoms. The Hall–Kier alpha value is -2.44. The van der Waals surface area contributed by atoms with Gasteiger partial charge in [-0.1, -0.05) is 35.3 Å².